The van der Waals surface area contributed by atoms with E-state index >= 15 is 0 Å². The van der Waals surface area contributed by atoms with Crippen molar-refractivity contribution in [3.05, 3.63) is 61.9 Å². The normalized spacial score (nSPS) is 10.9. The van der Waals surface area contributed by atoms with E-state index in [-0.39, 0.29) is 17.4 Å². The molecule has 9 heteroatoms. The van der Waals surface area contributed by atoms with E-state index in [1.54, 1.807) is 22.6 Å². The molecule has 0 atom stereocenters. The van der Waals surface area contributed by atoms with E-state index in [1.807, 2.05) is 31.2 Å². The minimum absolute atomic E-state index is 0.272. The topological polar surface area (TPSA) is 64.7 Å². The lowest BCUT2D eigenvalue weighted by Gasteiger charge is -2.04. The van der Waals surface area contributed by atoms with Gasteiger partial charge in [0.1, 0.15) is 5.02 Å². The minimum atomic E-state index is -0.388. The molecule has 25 heavy (non-hydrogen) atoms. The van der Waals surface area contributed by atoms with E-state index in [1.165, 1.54) is 0 Å². The average Bonchev–Trinajstić information content (AvgIpc) is 3.04. The first-order valence-corrected chi connectivity index (χ1v) is 8.88. The molecule has 3 aromatic rings. The highest BCUT2D eigenvalue weighted by Gasteiger charge is 2.20. The number of amides is 1. The third kappa shape index (κ3) is 3.73. The number of anilines is 1. The summed E-state index contributed by atoms with van der Waals surface area (Å²) in [5, 5.41) is 12.2. The summed E-state index contributed by atoms with van der Waals surface area (Å²) in [5.74, 6) is -0.116. The van der Waals surface area contributed by atoms with Gasteiger partial charge < -0.3 is 5.32 Å². The zero-order chi connectivity index (χ0) is 18.1. The molecule has 6 nitrogen and oxygen atoms in total. The first-order valence-electron chi connectivity index (χ1n) is 7.33. The molecule has 1 amide bonds. The van der Waals surface area contributed by atoms with Gasteiger partial charge in [-0.25, -0.2) is 0 Å². The summed E-state index contributed by atoms with van der Waals surface area (Å²) < 4.78 is 3.88. The molecule has 2 aromatic heterocycles. The number of nitrogens with zero attached hydrogens (tertiary/aromatic N) is 4. The molecule has 0 unspecified atom stereocenters. The van der Waals surface area contributed by atoms with Gasteiger partial charge in [0.25, 0.3) is 5.91 Å². The van der Waals surface area contributed by atoms with Crippen molar-refractivity contribution in [3.8, 4) is 0 Å². The van der Waals surface area contributed by atoms with Crippen molar-refractivity contribution in [1.29, 1.82) is 0 Å². The number of aryl methyl sites for hydroxylation is 1. The van der Waals surface area contributed by atoms with E-state index in [9.17, 15) is 4.79 Å². The van der Waals surface area contributed by atoms with Crippen LogP contribution in [-0.4, -0.2) is 25.5 Å². The van der Waals surface area contributed by atoms with E-state index in [0.717, 1.165) is 11.3 Å². The monoisotopic (exact) mass is 441 g/mol. The first kappa shape index (κ1) is 18.0. The lowest BCUT2D eigenvalue weighted by Crippen LogP contribution is -2.14. The molecule has 0 fully saturated rings. The maximum atomic E-state index is 12.4. The third-order valence-electron chi connectivity index (χ3n) is 3.72. The fraction of sp³-hybridized carbons (Fsp3) is 0.188. The molecule has 3 rings (SSSR count). The van der Waals surface area contributed by atoms with Crippen molar-refractivity contribution in [3.63, 3.8) is 0 Å². The van der Waals surface area contributed by atoms with E-state index in [0.29, 0.717) is 21.1 Å². The van der Waals surface area contributed by atoms with Gasteiger partial charge in [-0.15, -0.1) is 0 Å². The van der Waals surface area contributed by atoms with Crippen LogP contribution in [0.4, 0.5) is 5.82 Å². The van der Waals surface area contributed by atoms with Crippen LogP contribution in [-0.2, 0) is 13.6 Å². The highest BCUT2D eigenvalue weighted by atomic mass is 79.9. The quantitative estimate of drug-likeness (QED) is 0.655. The number of nitrogens with one attached hydrogen (secondary N) is 1. The summed E-state index contributed by atoms with van der Waals surface area (Å²) in [6, 6.07) is 7.48. The Kier molecular flexibility index (Phi) is 5.17. The Bertz CT molecular complexity index is 950. The van der Waals surface area contributed by atoms with Gasteiger partial charge in [-0.05, 0) is 34.5 Å². The minimum Gasteiger partial charge on any atom is -0.302 e. The summed E-state index contributed by atoms with van der Waals surface area (Å²) in [7, 11) is 1.77. The smallest absolute Gasteiger partial charge is 0.278 e. The number of hydrogen-bond acceptors (Lipinski definition) is 3. The lowest BCUT2D eigenvalue weighted by molar-refractivity contribution is 0.102. The maximum absolute atomic E-state index is 12.4. The highest BCUT2D eigenvalue weighted by molar-refractivity contribution is 9.10. The van der Waals surface area contributed by atoms with Gasteiger partial charge >= 0.3 is 0 Å². The molecule has 0 saturated heterocycles. The third-order valence-corrected chi connectivity index (χ3v) is 5.31. The van der Waals surface area contributed by atoms with E-state index in [2.05, 4.69) is 31.4 Å². The lowest BCUT2D eigenvalue weighted by atomic mass is 10.2. The van der Waals surface area contributed by atoms with Crippen LogP contribution in [0.1, 0.15) is 21.7 Å². The Morgan fingerprint density at radius 3 is 2.60 bits per heavy atom. The number of halogens is 3. The van der Waals surface area contributed by atoms with Gasteiger partial charge in [-0.1, -0.05) is 41.4 Å². The predicted octanol–water partition coefficient (Wildman–Crippen LogP) is 4.29. The molecule has 2 heterocycles. The predicted molar refractivity (Wildman–Crippen MR) is 101 cm³/mol. The van der Waals surface area contributed by atoms with Crippen molar-refractivity contribution < 1.29 is 4.79 Å². The summed E-state index contributed by atoms with van der Waals surface area (Å²) in [5.41, 5.74) is 2.03. The molecule has 0 aliphatic carbocycles. The van der Waals surface area contributed by atoms with Gasteiger partial charge in [0, 0.05) is 18.3 Å². The second-order valence-corrected chi connectivity index (χ2v) is 7.05. The Hall–Kier alpha value is -1.83. The second kappa shape index (κ2) is 7.19. The molecule has 0 radical (unpaired) electrons. The van der Waals surface area contributed by atoms with Crippen molar-refractivity contribution in [2.45, 2.75) is 13.5 Å². The Morgan fingerprint density at radius 1 is 1.24 bits per heavy atom. The van der Waals surface area contributed by atoms with Crippen LogP contribution in [0, 0.1) is 6.92 Å². The molecule has 0 aliphatic heterocycles. The van der Waals surface area contributed by atoms with Crippen LogP contribution in [0.15, 0.2) is 34.9 Å². The molecule has 1 aromatic carbocycles. The number of benzene rings is 1. The van der Waals surface area contributed by atoms with Crippen LogP contribution in [0.2, 0.25) is 10.0 Å². The average molecular weight is 443 g/mol. The van der Waals surface area contributed by atoms with E-state index < -0.39 is 0 Å². The fourth-order valence-corrected chi connectivity index (χ4v) is 3.17. The summed E-state index contributed by atoms with van der Waals surface area (Å²) >= 11 is 15.7. The molecule has 1 N–H and O–H groups in total. The number of rotatable bonds is 4. The molecule has 130 valence electrons. The van der Waals surface area contributed by atoms with Crippen LogP contribution >= 0.6 is 39.1 Å². The summed E-state index contributed by atoms with van der Waals surface area (Å²) in [4.78, 5) is 12.4. The number of aromatic nitrogens is 4. The molecule has 0 saturated carbocycles. The SMILES string of the molecule is Cc1c(Br)c(C(=O)Nc2nn(Cc3ccccc3Cl)cc2Cl)nn1C. The Labute approximate surface area is 162 Å². The van der Waals surface area contributed by atoms with Crippen LogP contribution in [0.25, 0.3) is 0 Å². The molecule has 0 aliphatic rings. The van der Waals surface area contributed by atoms with Crippen LogP contribution in [0.3, 0.4) is 0 Å². The van der Waals surface area contributed by atoms with Crippen molar-refractivity contribution >= 4 is 50.9 Å². The van der Waals surface area contributed by atoms with Gasteiger partial charge in [0.05, 0.1) is 16.7 Å². The van der Waals surface area contributed by atoms with Gasteiger partial charge in [0.2, 0.25) is 0 Å². The standard InChI is InChI=1S/C16H14BrCl2N5O/c1-9-13(17)14(21-23(9)2)16(25)20-15-12(19)8-24(22-15)7-10-5-3-4-6-11(10)18/h3-6,8H,7H2,1-2H3,(H,20,22,25). The molecule has 0 bridgehead atoms. The first-order chi connectivity index (χ1) is 11.9. The zero-order valence-corrected chi connectivity index (χ0v) is 16.5. The summed E-state index contributed by atoms with van der Waals surface area (Å²) in [6.45, 7) is 2.31. The number of carbonyl (C=O) groups is 1. The van der Waals surface area contributed by atoms with Crippen LogP contribution in [0.5, 0.6) is 0 Å². The second-order valence-electron chi connectivity index (χ2n) is 5.44. The van der Waals surface area contributed by atoms with Gasteiger partial charge in [0.15, 0.2) is 11.5 Å². The fourth-order valence-electron chi connectivity index (χ4n) is 2.26. The Balaban J connectivity index is 1.80. The zero-order valence-electron chi connectivity index (χ0n) is 13.4. The molecular formula is C16H14BrCl2N5O. The maximum Gasteiger partial charge on any atom is 0.278 e. The van der Waals surface area contributed by atoms with Crippen LogP contribution < -0.4 is 5.32 Å². The van der Waals surface area contributed by atoms with Crippen molar-refractivity contribution in [1.82, 2.24) is 19.6 Å². The molecule has 0 spiro atoms. The van der Waals surface area contributed by atoms with Gasteiger partial charge in [-0.3, -0.25) is 14.2 Å². The molecular weight excluding hydrogens is 429 g/mol. The highest BCUT2D eigenvalue weighted by Crippen LogP contribution is 2.25. The van der Waals surface area contributed by atoms with Gasteiger partial charge in [-0.2, -0.15) is 10.2 Å². The van der Waals surface area contributed by atoms with E-state index in [4.69, 9.17) is 23.2 Å². The number of hydrogen-bond donors (Lipinski definition) is 1. The van der Waals surface area contributed by atoms with Crippen molar-refractivity contribution in [2.24, 2.45) is 7.05 Å². The van der Waals surface area contributed by atoms with Crippen molar-refractivity contribution in [2.75, 3.05) is 5.32 Å². The largest absolute Gasteiger partial charge is 0.302 e. The number of carbonyl (C=O) groups excluding carboxylic acids is 1. The Morgan fingerprint density at radius 2 is 1.96 bits per heavy atom. The summed E-state index contributed by atoms with van der Waals surface area (Å²) in [6.07, 6.45) is 1.64.